The fourth-order valence-electron chi connectivity index (χ4n) is 2.66. The normalized spacial score (nSPS) is 14.5. The highest BCUT2D eigenvalue weighted by molar-refractivity contribution is 14.0. The van der Waals surface area contributed by atoms with Gasteiger partial charge in [-0.3, -0.25) is 4.99 Å². The van der Waals surface area contributed by atoms with Gasteiger partial charge in [0, 0.05) is 43.7 Å². The zero-order valence-corrected chi connectivity index (χ0v) is 19.8. The van der Waals surface area contributed by atoms with Crippen molar-refractivity contribution in [1.29, 1.82) is 0 Å². The molecule has 1 aromatic rings. The maximum atomic E-state index is 12.2. The number of carbonyl (C=O) groups is 1. The Kier molecular flexibility index (Phi) is 10.3. The number of halogens is 1. The van der Waals surface area contributed by atoms with Crippen molar-refractivity contribution in [2.75, 3.05) is 38.3 Å². The molecule has 6 nitrogen and oxygen atoms in total. The highest BCUT2D eigenvalue weighted by Gasteiger charge is 2.18. The number of guanidine groups is 1. The van der Waals surface area contributed by atoms with Crippen molar-refractivity contribution >= 4 is 53.4 Å². The first-order valence-corrected chi connectivity index (χ1v) is 10.3. The zero-order chi connectivity index (χ0) is 19.0. The van der Waals surface area contributed by atoms with Gasteiger partial charge >= 0.3 is 6.03 Å². The van der Waals surface area contributed by atoms with Gasteiger partial charge in [0.25, 0.3) is 0 Å². The summed E-state index contributed by atoms with van der Waals surface area (Å²) in [6, 6.07) is 7.91. The molecule has 1 heterocycles. The second-order valence-electron chi connectivity index (χ2n) is 7.07. The van der Waals surface area contributed by atoms with E-state index in [1.54, 1.807) is 7.05 Å². The monoisotopic (exact) mass is 505 g/mol. The van der Waals surface area contributed by atoms with E-state index in [1.165, 1.54) is 0 Å². The summed E-state index contributed by atoms with van der Waals surface area (Å²) >= 11 is 1.82. The largest absolute Gasteiger partial charge is 0.355 e. The first kappa shape index (κ1) is 23.9. The predicted octanol–water partition coefficient (Wildman–Crippen LogP) is 3.74. The Hall–Kier alpha value is -1.16. The fraction of sp³-hybridized carbons (Fsp3) is 0.579. The number of nitrogens with zero attached hydrogens (tertiary/aromatic N) is 2. The van der Waals surface area contributed by atoms with Gasteiger partial charge in [-0.05, 0) is 50.6 Å². The third kappa shape index (κ3) is 8.16. The zero-order valence-electron chi connectivity index (χ0n) is 16.7. The van der Waals surface area contributed by atoms with E-state index in [2.05, 4.69) is 41.0 Å². The molecule has 2 rings (SSSR count). The van der Waals surface area contributed by atoms with Crippen LogP contribution in [0, 0.1) is 0 Å². The second kappa shape index (κ2) is 11.6. The maximum Gasteiger partial charge on any atom is 0.321 e. The molecule has 0 atom stereocenters. The molecule has 0 aromatic heterocycles. The van der Waals surface area contributed by atoms with Crippen LogP contribution in [0.1, 0.15) is 32.3 Å². The SMILES string of the molecule is CN=C(NCc1cccc(NC(=O)N2CCCC2)c1)NCC(C)(C)SC.I. The lowest BCUT2D eigenvalue weighted by Gasteiger charge is -2.23. The van der Waals surface area contributed by atoms with Crippen LogP contribution in [0.2, 0.25) is 0 Å². The number of urea groups is 1. The van der Waals surface area contributed by atoms with E-state index in [0.29, 0.717) is 6.54 Å². The Morgan fingerprint density at radius 1 is 1.26 bits per heavy atom. The van der Waals surface area contributed by atoms with Crippen LogP contribution in [0.4, 0.5) is 10.5 Å². The van der Waals surface area contributed by atoms with Gasteiger partial charge in [-0.15, -0.1) is 24.0 Å². The number of aliphatic imine (C=N–C) groups is 1. The van der Waals surface area contributed by atoms with Crippen molar-refractivity contribution < 1.29 is 4.79 Å². The van der Waals surface area contributed by atoms with Gasteiger partial charge in [-0.1, -0.05) is 12.1 Å². The lowest BCUT2D eigenvalue weighted by atomic mass is 10.2. The van der Waals surface area contributed by atoms with Crippen LogP contribution in [-0.4, -0.2) is 54.6 Å². The van der Waals surface area contributed by atoms with Crippen LogP contribution < -0.4 is 16.0 Å². The Morgan fingerprint density at radius 3 is 2.59 bits per heavy atom. The molecule has 1 fully saturated rings. The Morgan fingerprint density at radius 2 is 1.96 bits per heavy atom. The quantitative estimate of drug-likeness (QED) is 0.313. The molecule has 0 saturated carbocycles. The number of hydrogen-bond acceptors (Lipinski definition) is 3. The van der Waals surface area contributed by atoms with Gasteiger partial charge in [0.1, 0.15) is 0 Å². The first-order chi connectivity index (χ1) is 12.4. The number of likely N-dealkylation sites (tertiary alicyclic amines) is 1. The van der Waals surface area contributed by atoms with Crippen LogP contribution in [0.15, 0.2) is 29.3 Å². The van der Waals surface area contributed by atoms with E-state index in [1.807, 2.05) is 40.9 Å². The number of benzene rings is 1. The second-order valence-corrected chi connectivity index (χ2v) is 8.58. The summed E-state index contributed by atoms with van der Waals surface area (Å²) in [4.78, 5) is 18.4. The molecular formula is C19H32IN5OS. The molecular weight excluding hydrogens is 473 g/mol. The maximum absolute atomic E-state index is 12.2. The number of hydrogen-bond donors (Lipinski definition) is 3. The van der Waals surface area contributed by atoms with Crippen LogP contribution in [0.3, 0.4) is 0 Å². The summed E-state index contributed by atoms with van der Waals surface area (Å²) < 4.78 is 0.150. The van der Waals surface area contributed by atoms with Crippen molar-refractivity contribution in [3.8, 4) is 0 Å². The third-order valence-electron chi connectivity index (χ3n) is 4.49. The number of anilines is 1. The number of amides is 2. The first-order valence-electron chi connectivity index (χ1n) is 9.08. The smallest absolute Gasteiger partial charge is 0.321 e. The summed E-state index contributed by atoms with van der Waals surface area (Å²) in [5.41, 5.74) is 1.92. The number of rotatable bonds is 6. The van der Waals surface area contributed by atoms with Gasteiger partial charge in [0.05, 0.1) is 0 Å². The molecule has 8 heteroatoms. The van der Waals surface area contributed by atoms with E-state index in [4.69, 9.17) is 0 Å². The third-order valence-corrected chi connectivity index (χ3v) is 5.74. The van der Waals surface area contributed by atoms with E-state index < -0.39 is 0 Å². The van der Waals surface area contributed by atoms with E-state index >= 15 is 0 Å². The number of thioether (sulfide) groups is 1. The molecule has 2 amide bonds. The summed E-state index contributed by atoms with van der Waals surface area (Å²) in [7, 11) is 1.77. The van der Waals surface area contributed by atoms with Crippen molar-refractivity contribution in [1.82, 2.24) is 15.5 Å². The summed E-state index contributed by atoms with van der Waals surface area (Å²) in [6.07, 6.45) is 4.30. The fourth-order valence-corrected chi connectivity index (χ4v) is 2.87. The lowest BCUT2D eigenvalue weighted by Crippen LogP contribution is -2.43. The molecule has 0 aliphatic carbocycles. The molecule has 1 aromatic carbocycles. The number of carbonyl (C=O) groups excluding carboxylic acids is 1. The molecule has 0 radical (unpaired) electrons. The Labute approximate surface area is 184 Å². The molecule has 0 bridgehead atoms. The standard InChI is InChI=1S/C19H31N5OS.HI/c1-19(2,26-4)14-22-17(20-3)21-13-15-8-7-9-16(12-15)23-18(25)24-10-5-6-11-24;/h7-9,12H,5-6,10-11,13-14H2,1-4H3,(H,23,25)(H2,20,21,22);1H. The van der Waals surface area contributed by atoms with Crippen LogP contribution in [0.5, 0.6) is 0 Å². The van der Waals surface area contributed by atoms with E-state index in [9.17, 15) is 4.79 Å². The highest BCUT2D eigenvalue weighted by Crippen LogP contribution is 2.19. The van der Waals surface area contributed by atoms with E-state index in [-0.39, 0.29) is 34.8 Å². The molecule has 0 unspecified atom stereocenters. The topological polar surface area (TPSA) is 68.8 Å². The summed E-state index contributed by atoms with van der Waals surface area (Å²) in [6.45, 7) is 7.57. The Balaban J connectivity index is 0.00000364. The predicted molar refractivity (Wildman–Crippen MR) is 127 cm³/mol. The van der Waals surface area contributed by atoms with Gasteiger partial charge < -0.3 is 20.9 Å². The molecule has 27 heavy (non-hydrogen) atoms. The molecule has 1 aliphatic heterocycles. The van der Waals surface area contributed by atoms with Crippen LogP contribution >= 0.6 is 35.7 Å². The van der Waals surface area contributed by atoms with Gasteiger partial charge in [0.2, 0.25) is 0 Å². The minimum atomic E-state index is -0.00983. The van der Waals surface area contributed by atoms with Crippen molar-refractivity contribution in [3.63, 3.8) is 0 Å². The molecule has 3 N–H and O–H groups in total. The van der Waals surface area contributed by atoms with Gasteiger partial charge in [0.15, 0.2) is 5.96 Å². The van der Waals surface area contributed by atoms with Crippen molar-refractivity contribution in [3.05, 3.63) is 29.8 Å². The van der Waals surface area contributed by atoms with Crippen LogP contribution in [0.25, 0.3) is 0 Å². The van der Waals surface area contributed by atoms with Crippen molar-refractivity contribution in [2.45, 2.75) is 38.0 Å². The summed E-state index contributed by atoms with van der Waals surface area (Å²) in [5, 5.41) is 9.67. The number of nitrogens with one attached hydrogen (secondary N) is 3. The minimum absolute atomic E-state index is 0. The minimum Gasteiger partial charge on any atom is -0.355 e. The van der Waals surface area contributed by atoms with Gasteiger partial charge in [-0.2, -0.15) is 11.8 Å². The lowest BCUT2D eigenvalue weighted by molar-refractivity contribution is 0.222. The molecule has 1 saturated heterocycles. The Bertz CT molecular complexity index is 632. The summed E-state index contributed by atoms with van der Waals surface area (Å²) in [5.74, 6) is 0.777. The van der Waals surface area contributed by atoms with Crippen molar-refractivity contribution in [2.24, 2.45) is 4.99 Å². The average molecular weight is 505 g/mol. The molecule has 152 valence electrons. The van der Waals surface area contributed by atoms with E-state index in [0.717, 1.165) is 49.7 Å². The molecule has 0 spiro atoms. The highest BCUT2D eigenvalue weighted by atomic mass is 127. The molecule has 1 aliphatic rings. The van der Waals surface area contributed by atoms with Gasteiger partial charge in [-0.25, -0.2) is 4.79 Å². The average Bonchev–Trinajstić information content (AvgIpc) is 3.17. The van der Waals surface area contributed by atoms with Crippen LogP contribution in [-0.2, 0) is 6.54 Å².